The third kappa shape index (κ3) is 1.51. The SMILES string of the molecule is CNC(C)c1ccc2nc(C)oc2c1. The highest BCUT2D eigenvalue weighted by Gasteiger charge is 2.06. The summed E-state index contributed by atoms with van der Waals surface area (Å²) in [5.41, 5.74) is 3.01. The topological polar surface area (TPSA) is 38.1 Å². The van der Waals surface area contributed by atoms with Crippen molar-refractivity contribution in [1.29, 1.82) is 0 Å². The van der Waals surface area contributed by atoms with E-state index in [1.807, 2.05) is 26.1 Å². The Hall–Kier alpha value is -1.35. The molecule has 1 heterocycles. The van der Waals surface area contributed by atoms with Gasteiger partial charge in [0.05, 0.1) is 0 Å². The predicted octanol–water partition coefficient (Wildman–Crippen LogP) is 2.42. The summed E-state index contributed by atoms with van der Waals surface area (Å²) in [6.07, 6.45) is 0. The Morgan fingerprint density at radius 2 is 2.21 bits per heavy atom. The number of rotatable bonds is 2. The Morgan fingerprint density at radius 3 is 2.93 bits per heavy atom. The van der Waals surface area contributed by atoms with Crippen molar-refractivity contribution in [2.75, 3.05) is 7.05 Å². The second-order valence-electron chi connectivity index (χ2n) is 3.47. The molecule has 1 unspecified atom stereocenters. The largest absolute Gasteiger partial charge is 0.441 e. The number of hydrogen-bond acceptors (Lipinski definition) is 3. The molecule has 1 aromatic carbocycles. The molecule has 0 aliphatic carbocycles. The number of aromatic nitrogens is 1. The van der Waals surface area contributed by atoms with E-state index in [9.17, 15) is 0 Å². The molecule has 1 N–H and O–H groups in total. The summed E-state index contributed by atoms with van der Waals surface area (Å²) in [5.74, 6) is 0.717. The van der Waals surface area contributed by atoms with Gasteiger partial charge in [0, 0.05) is 13.0 Å². The van der Waals surface area contributed by atoms with E-state index in [-0.39, 0.29) is 0 Å². The molecule has 2 rings (SSSR count). The van der Waals surface area contributed by atoms with E-state index in [1.54, 1.807) is 0 Å². The molecular weight excluding hydrogens is 176 g/mol. The first kappa shape index (κ1) is 9.21. The van der Waals surface area contributed by atoms with Gasteiger partial charge in [0.25, 0.3) is 0 Å². The Balaban J connectivity index is 2.50. The molecule has 3 heteroatoms. The summed E-state index contributed by atoms with van der Waals surface area (Å²) in [5, 5.41) is 3.19. The molecule has 14 heavy (non-hydrogen) atoms. The van der Waals surface area contributed by atoms with E-state index in [1.165, 1.54) is 5.56 Å². The summed E-state index contributed by atoms with van der Waals surface area (Å²) in [6.45, 7) is 3.98. The summed E-state index contributed by atoms with van der Waals surface area (Å²) in [7, 11) is 1.94. The van der Waals surface area contributed by atoms with Gasteiger partial charge < -0.3 is 9.73 Å². The fourth-order valence-corrected chi connectivity index (χ4v) is 1.49. The number of nitrogens with zero attached hydrogens (tertiary/aromatic N) is 1. The molecule has 0 spiro atoms. The second-order valence-corrected chi connectivity index (χ2v) is 3.47. The molecular formula is C11H14N2O. The molecule has 0 amide bonds. The van der Waals surface area contributed by atoms with Crippen molar-refractivity contribution in [1.82, 2.24) is 10.3 Å². The van der Waals surface area contributed by atoms with Gasteiger partial charge >= 0.3 is 0 Å². The van der Waals surface area contributed by atoms with Crippen LogP contribution in [0.5, 0.6) is 0 Å². The van der Waals surface area contributed by atoms with Crippen molar-refractivity contribution >= 4 is 11.1 Å². The van der Waals surface area contributed by atoms with Gasteiger partial charge in [-0.3, -0.25) is 0 Å². The molecule has 2 aromatic rings. The van der Waals surface area contributed by atoms with E-state index in [4.69, 9.17) is 4.42 Å². The predicted molar refractivity (Wildman–Crippen MR) is 56.2 cm³/mol. The van der Waals surface area contributed by atoms with Gasteiger partial charge in [0.1, 0.15) is 5.52 Å². The standard InChI is InChI=1S/C11H14N2O/c1-7(12-3)9-4-5-10-11(6-9)14-8(2)13-10/h4-7,12H,1-3H3. The van der Waals surface area contributed by atoms with Gasteiger partial charge in [0.2, 0.25) is 0 Å². The first-order valence-corrected chi connectivity index (χ1v) is 4.75. The number of nitrogens with one attached hydrogen (secondary N) is 1. The third-order valence-corrected chi connectivity index (χ3v) is 2.45. The molecule has 0 radical (unpaired) electrons. The van der Waals surface area contributed by atoms with Crippen LogP contribution in [0, 0.1) is 6.92 Å². The van der Waals surface area contributed by atoms with Gasteiger partial charge in [0.15, 0.2) is 11.5 Å². The fraction of sp³-hybridized carbons (Fsp3) is 0.364. The van der Waals surface area contributed by atoms with Crippen LogP contribution in [0.15, 0.2) is 22.6 Å². The molecule has 0 saturated heterocycles. The smallest absolute Gasteiger partial charge is 0.192 e. The highest BCUT2D eigenvalue weighted by atomic mass is 16.3. The zero-order valence-electron chi connectivity index (χ0n) is 8.66. The van der Waals surface area contributed by atoms with Crippen LogP contribution >= 0.6 is 0 Å². The van der Waals surface area contributed by atoms with Gasteiger partial charge in [-0.15, -0.1) is 0 Å². The Kier molecular flexibility index (Phi) is 2.25. The summed E-state index contributed by atoms with van der Waals surface area (Å²) in [6, 6.07) is 6.45. The minimum atomic E-state index is 0.338. The van der Waals surface area contributed by atoms with Crippen molar-refractivity contribution in [2.24, 2.45) is 0 Å². The van der Waals surface area contributed by atoms with Crippen LogP contribution in [0.3, 0.4) is 0 Å². The summed E-state index contributed by atoms with van der Waals surface area (Å²) >= 11 is 0. The molecule has 0 aliphatic rings. The minimum absolute atomic E-state index is 0.338. The number of hydrogen-bond donors (Lipinski definition) is 1. The highest BCUT2D eigenvalue weighted by Crippen LogP contribution is 2.20. The van der Waals surface area contributed by atoms with E-state index >= 15 is 0 Å². The molecule has 0 saturated carbocycles. The van der Waals surface area contributed by atoms with Gasteiger partial charge in [-0.1, -0.05) is 6.07 Å². The van der Waals surface area contributed by atoms with Crippen molar-refractivity contribution in [3.05, 3.63) is 29.7 Å². The highest BCUT2D eigenvalue weighted by molar-refractivity contribution is 5.73. The third-order valence-electron chi connectivity index (χ3n) is 2.45. The van der Waals surface area contributed by atoms with Crippen LogP contribution in [-0.2, 0) is 0 Å². The van der Waals surface area contributed by atoms with Crippen LogP contribution in [0.25, 0.3) is 11.1 Å². The summed E-state index contributed by atoms with van der Waals surface area (Å²) < 4.78 is 5.46. The van der Waals surface area contributed by atoms with Crippen LogP contribution in [-0.4, -0.2) is 12.0 Å². The lowest BCUT2D eigenvalue weighted by molar-refractivity contribution is 0.559. The number of oxazole rings is 1. The fourth-order valence-electron chi connectivity index (χ4n) is 1.49. The molecule has 1 atom stereocenters. The lowest BCUT2D eigenvalue weighted by atomic mass is 10.1. The molecule has 1 aromatic heterocycles. The quantitative estimate of drug-likeness (QED) is 0.790. The zero-order chi connectivity index (χ0) is 10.1. The first-order valence-electron chi connectivity index (χ1n) is 4.75. The van der Waals surface area contributed by atoms with Gasteiger partial charge in [-0.05, 0) is 31.7 Å². The lowest BCUT2D eigenvalue weighted by Gasteiger charge is -2.09. The van der Waals surface area contributed by atoms with E-state index < -0.39 is 0 Å². The van der Waals surface area contributed by atoms with Crippen molar-refractivity contribution in [3.8, 4) is 0 Å². The van der Waals surface area contributed by atoms with Crippen LogP contribution in [0.4, 0.5) is 0 Å². The van der Waals surface area contributed by atoms with Crippen molar-refractivity contribution in [3.63, 3.8) is 0 Å². The average Bonchev–Trinajstić information content (AvgIpc) is 2.55. The van der Waals surface area contributed by atoms with E-state index in [0.717, 1.165) is 11.1 Å². The van der Waals surface area contributed by atoms with Crippen LogP contribution in [0.2, 0.25) is 0 Å². The average molecular weight is 190 g/mol. The monoisotopic (exact) mass is 190 g/mol. The maximum Gasteiger partial charge on any atom is 0.192 e. The number of benzene rings is 1. The Morgan fingerprint density at radius 1 is 1.43 bits per heavy atom. The zero-order valence-corrected chi connectivity index (χ0v) is 8.66. The first-order chi connectivity index (χ1) is 6.70. The van der Waals surface area contributed by atoms with Gasteiger partial charge in [-0.2, -0.15) is 0 Å². The van der Waals surface area contributed by atoms with Crippen LogP contribution < -0.4 is 5.32 Å². The maximum absolute atomic E-state index is 5.46. The second kappa shape index (κ2) is 3.42. The normalized spacial score (nSPS) is 13.4. The Bertz CT molecular complexity index is 447. The molecule has 0 bridgehead atoms. The molecule has 74 valence electrons. The molecule has 0 fully saturated rings. The maximum atomic E-state index is 5.46. The van der Waals surface area contributed by atoms with E-state index in [2.05, 4.69) is 23.3 Å². The molecule has 3 nitrogen and oxygen atoms in total. The Labute approximate surface area is 83.1 Å². The summed E-state index contributed by atoms with van der Waals surface area (Å²) in [4.78, 5) is 4.25. The van der Waals surface area contributed by atoms with Crippen molar-refractivity contribution in [2.45, 2.75) is 19.9 Å². The van der Waals surface area contributed by atoms with Gasteiger partial charge in [-0.25, -0.2) is 4.98 Å². The van der Waals surface area contributed by atoms with Crippen molar-refractivity contribution < 1.29 is 4.42 Å². The van der Waals surface area contributed by atoms with Crippen LogP contribution in [0.1, 0.15) is 24.4 Å². The number of aryl methyl sites for hydroxylation is 1. The molecule has 0 aliphatic heterocycles. The number of fused-ring (bicyclic) bond motifs is 1. The van der Waals surface area contributed by atoms with E-state index in [0.29, 0.717) is 11.9 Å². The lowest BCUT2D eigenvalue weighted by Crippen LogP contribution is -2.11. The minimum Gasteiger partial charge on any atom is -0.441 e.